The number of hydrogen-bond donors (Lipinski definition) is 2. The Hall–Kier alpha value is -0.270. The Balaban J connectivity index is 2.26. The Morgan fingerprint density at radius 1 is 1.05 bits per heavy atom. The lowest BCUT2D eigenvalue weighted by Crippen LogP contribution is -2.29. The fourth-order valence-corrected chi connectivity index (χ4v) is 3.71. The molecule has 0 bridgehead atoms. The molecule has 0 aromatic heterocycles. The normalized spacial score (nSPS) is 12.4. The minimum Gasteiger partial charge on any atom is -0.271 e. The van der Waals surface area contributed by atoms with Crippen molar-refractivity contribution in [2.24, 2.45) is 5.84 Å². The quantitative estimate of drug-likeness (QED) is 0.499. The summed E-state index contributed by atoms with van der Waals surface area (Å²) in [6, 6.07) is 10.9. The highest BCUT2D eigenvalue weighted by molar-refractivity contribution is 9.11. The molecule has 6 heteroatoms. The minimum absolute atomic E-state index is 0.0545. The third-order valence-corrected chi connectivity index (χ3v) is 4.44. The van der Waals surface area contributed by atoms with Crippen molar-refractivity contribution in [3.63, 3.8) is 0 Å². The molecule has 0 aliphatic rings. The van der Waals surface area contributed by atoms with Gasteiger partial charge in [0.05, 0.1) is 10.5 Å². The van der Waals surface area contributed by atoms with Gasteiger partial charge in [0.15, 0.2) is 0 Å². The molecule has 20 heavy (non-hydrogen) atoms. The van der Waals surface area contributed by atoms with E-state index < -0.39 is 0 Å². The molecule has 2 aromatic rings. The van der Waals surface area contributed by atoms with Crippen LogP contribution in [0.4, 0.5) is 4.39 Å². The van der Waals surface area contributed by atoms with E-state index in [9.17, 15) is 4.39 Å². The van der Waals surface area contributed by atoms with Crippen LogP contribution in [-0.2, 0) is 6.42 Å². The molecule has 0 heterocycles. The lowest BCUT2D eigenvalue weighted by atomic mass is 9.99. The van der Waals surface area contributed by atoms with E-state index in [2.05, 4.69) is 53.2 Å². The summed E-state index contributed by atoms with van der Waals surface area (Å²) in [5.41, 5.74) is 4.85. The van der Waals surface area contributed by atoms with Crippen LogP contribution in [0.2, 0.25) is 0 Å². The molecule has 2 aromatic carbocycles. The minimum atomic E-state index is -0.267. The van der Waals surface area contributed by atoms with Crippen LogP contribution in [0.25, 0.3) is 0 Å². The SMILES string of the molecule is NNC(Cc1ccc(F)c(Br)c1)c1cc(Br)cc(Br)c1. The average Bonchev–Trinajstić information content (AvgIpc) is 2.38. The molecule has 0 aliphatic carbocycles. The summed E-state index contributed by atoms with van der Waals surface area (Å²) in [7, 11) is 0. The van der Waals surface area contributed by atoms with Crippen molar-refractivity contribution < 1.29 is 4.39 Å². The number of hydrazine groups is 1. The van der Waals surface area contributed by atoms with Gasteiger partial charge < -0.3 is 0 Å². The predicted molar refractivity (Wildman–Crippen MR) is 89.7 cm³/mol. The molecule has 2 nitrogen and oxygen atoms in total. The summed E-state index contributed by atoms with van der Waals surface area (Å²) in [4.78, 5) is 0. The first-order valence-electron chi connectivity index (χ1n) is 5.85. The number of nitrogens with two attached hydrogens (primary N) is 1. The third-order valence-electron chi connectivity index (χ3n) is 2.91. The van der Waals surface area contributed by atoms with E-state index >= 15 is 0 Å². The molecule has 0 aliphatic heterocycles. The van der Waals surface area contributed by atoms with Crippen LogP contribution in [0, 0.1) is 5.82 Å². The van der Waals surface area contributed by atoms with Crippen molar-refractivity contribution in [3.05, 3.63) is 66.8 Å². The smallest absolute Gasteiger partial charge is 0.137 e. The van der Waals surface area contributed by atoms with Gasteiger partial charge in [-0.3, -0.25) is 11.3 Å². The Morgan fingerprint density at radius 3 is 2.25 bits per heavy atom. The molecule has 0 radical (unpaired) electrons. The second-order valence-electron chi connectivity index (χ2n) is 4.37. The first kappa shape index (κ1) is 16.1. The first-order chi connectivity index (χ1) is 9.49. The van der Waals surface area contributed by atoms with Crippen molar-refractivity contribution in [2.45, 2.75) is 12.5 Å². The fraction of sp³-hybridized carbons (Fsp3) is 0.143. The highest BCUT2D eigenvalue weighted by Crippen LogP contribution is 2.27. The molecular formula is C14H12Br3FN2. The molecule has 0 amide bonds. The summed E-state index contributed by atoms with van der Waals surface area (Å²) < 4.78 is 15.7. The van der Waals surface area contributed by atoms with Gasteiger partial charge in [0.1, 0.15) is 5.82 Å². The summed E-state index contributed by atoms with van der Waals surface area (Å²) in [5.74, 6) is 5.39. The van der Waals surface area contributed by atoms with Gasteiger partial charge in [-0.1, -0.05) is 37.9 Å². The van der Waals surface area contributed by atoms with Gasteiger partial charge in [0.2, 0.25) is 0 Å². The van der Waals surface area contributed by atoms with Crippen molar-refractivity contribution in [3.8, 4) is 0 Å². The number of nitrogens with one attached hydrogen (secondary N) is 1. The third kappa shape index (κ3) is 4.11. The van der Waals surface area contributed by atoms with E-state index in [1.165, 1.54) is 6.07 Å². The topological polar surface area (TPSA) is 38.0 Å². The zero-order valence-corrected chi connectivity index (χ0v) is 15.1. The van der Waals surface area contributed by atoms with Crippen molar-refractivity contribution in [1.82, 2.24) is 5.43 Å². The summed E-state index contributed by atoms with van der Waals surface area (Å²) >= 11 is 10.1. The Kier molecular flexibility index (Phi) is 5.74. The molecule has 106 valence electrons. The predicted octanol–water partition coefficient (Wildman–Crippen LogP) is 4.86. The van der Waals surface area contributed by atoms with Crippen LogP contribution < -0.4 is 11.3 Å². The van der Waals surface area contributed by atoms with Gasteiger partial charge in [-0.2, -0.15) is 0 Å². The van der Waals surface area contributed by atoms with E-state index in [4.69, 9.17) is 5.84 Å². The summed E-state index contributed by atoms with van der Waals surface area (Å²) in [6.07, 6.45) is 0.665. The molecule has 0 saturated heterocycles. The number of rotatable bonds is 4. The number of hydrogen-bond acceptors (Lipinski definition) is 2. The Morgan fingerprint density at radius 2 is 1.70 bits per heavy atom. The zero-order valence-electron chi connectivity index (χ0n) is 10.3. The van der Waals surface area contributed by atoms with Crippen molar-refractivity contribution >= 4 is 47.8 Å². The van der Waals surface area contributed by atoms with E-state index in [1.807, 2.05) is 18.2 Å². The van der Waals surface area contributed by atoms with Gasteiger partial charge in [0.25, 0.3) is 0 Å². The highest BCUT2D eigenvalue weighted by Gasteiger charge is 2.13. The fourth-order valence-electron chi connectivity index (χ4n) is 1.95. The van der Waals surface area contributed by atoms with Crippen LogP contribution in [0.15, 0.2) is 49.8 Å². The standard InChI is InChI=1S/C14H12Br3FN2/c15-10-5-9(6-11(16)7-10)14(20-19)4-8-1-2-13(18)12(17)3-8/h1-3,5-7,14,20H,4,19H2. The zero-order chi connectivity index (χ0) is 14.7. The van der Waals surface area contributed by atoms with Crippen LogP contribution in [0.5, 0.6) is 0 Å². The van der Waals surface area contributed by atoms with E-state index in [1.54, 1.807) is 12.1 Å². The van der Waals surface area contributed by atoms with E-state index in [-0.39, 0.29) is 11.9 Å². The van der Waals surface area contributed by atoms with Crippen molar-refractivity contribution in [1.29, 1.82) is 0 Å². The monoisotopic (exact) mass is 464 g/mol. The molecular weight excluding hydrogens is 455 g/mol. The molecule has 2 rings (SSSR count). The van der Waals surface area contributed by atoms with Gasteiger partial charge >= 0.3 is 0 Å². The average molecular weight is 467 g/mol. The van der Waals surface area contributed by atoms with Crippen molar-refractivity contribution in [2.75, 3.05) is 0 Å². The van der Waals surface area contributed by atoms with Gasteiger partial charge in [-0.15, -0.1) is 0 Å². The van der Waals surface area contributed by atoms with E-state index in [0.29, 0.717) is 10.9 Å². The summed E-state index contributed by atoms with van der Waals surface area (Å²) in [6.45, 7) is 0. The van der Waals surface area contributed by atoms with Gasteiger partial charge in [-0.25, -0.2) is 4.39 Å². The molecule has 1 atom stereocenters. The maximum absolute atomic E-state index is 13.2. The maximum atomic E-state index is 13.2. The summed E-state index contributed by atoms with van der Waals surface area (Å²) in [5, 5.41) is 0. The molecule has 0 fully saturated rings. The highest BCUT2D eigenvalue weighted by atomic mass is 79.9. The molecule has 0 spiro atoms. The van der Waals surface area contributed by atoms with Crippen LogP contribution in [0.3, 0.4) is 0 Å². The Bertz CT molecular complexity index is 599. The maximum Gasteiger partial charge on any atom is 0.137 e. The van der Waals surface area contributed by atoms with Gasteiger partial charge in [-0.05, 0) is 63.8 Å². The lowest BCUT2D eigenvalue weighted by molar-refractivity contribution is 0.550. The largest absolute Gasteiger partial charge is 0.271 e. The first-order valence-corrected chi connectivity index (χ1v) is 8.23. The number of halogens is 4. The molecule has 0 saturated carbocycles. The second kappa shape index (κ2) is 7.13. The van der Waals surface area contributed by atoms with E-state index in [0.717, 1.165) is 20.1 Å². The van der Waals surface area contributed by atoms with Crippen LogP contribution in [-0.4, -0.2) is 0 Å². The van der Waals surface area contributed by atoms with Gasteiger partial charge in [0, 0.05) is 8.95 Å². The van der Waals surface area contributed by atoms with Crippen LogP contribution in [0.1, 0.15) is 17.2 Å². The number of benzene rings is 2. The lowest BCUT2D eigenvalue weighted by Gasteiger charge is -2.17. The van der Waals surface area contributed by atoms with Crippen LogP contribution >= 0.6 is 47.8 Å². The molecule has 1 unspecified atom stereocenters. The second-order valence-corrected chi connectivity index (χ2v) is 7.06. The molecule has 3 N–H and O–H groups in total. The Labute approximate surface area is 142 Å².